The Morgan fingerprint density at radius 2 is 2.00 bits per heavy atom. The molecule has 0 N–H and O–H groups in total. The van der Waals surface area contributed by atoms with E-state index >= 15 is 0 Å². The van der Waals surface area contributed by atoms with Crippen molar-refractivity contribution in [3.8, 4) is 0 Å². The van der Waals surface area contributed by atoms with Crippen LogP contribution in [0.15, 0.2) is 30.3 Å². The Bertz CT molecular complexity index is 418. The third kappa shape index (κ3) is 3.57. The van der Waals surface area contributed by atoms with Crippen LogP contribution in [0, 0.1) is 5.92 Å². The molecule has 1 aromatic rings. The summed E-state index contributed by atoms with van der Waals surface area (Å²) in [6, 6.07) is 11.0. The van der Waals surface area contributed by atoms with Crippen molar-refractivity contribution in [1.29, 1.82) is 0 Å². The Morgan fingerprint density at radius 1 is 1.32 bits per heavy atom. The van der Waals surface area contributed by atoms with E-state index in [1.807, 2.05) is 6.07 Å². The van der Waals surface area contributed by atoms with Crippen LogP contribution in [0.2, 0.25) is 0 Å². The highest BCUT2D eigenvalue weighted by Crippen LogP contribution is 2.27. The third-order valence-electron chi connectivity index (χ3n) is 4.17. The van der Waals surface area contributed by atoms with E-state index in [9.17, 15) is 4.79 Å². The van der Waals surface area contributed by atoms with Gasteiger partial charge < -0.3 is 4.74 Å². The molecule has 0 radical (unpaired) electrons. The number of carbonyl (C=O) groups excluding carboxylic acids is 1. The van der Waals surface area contributed by atoms with E-state index in [1.165, 1.54) is 12.5 Å². The minimum absolute atomic E-state index is 0.0690. The zero-order chi connectivity index (χ0) is 13.8. The Kier molecular flexibility index (Phi) is 4.59. The summed E-state index contributed by atoms with van der Waals surface area (Å²) < 4.78 is 5.41. The first-order valence-corrected chi connectivity index (χ1v) is 7.03. The van der Waals surface area contributed by atoms with Crippen molar-refractivity contribution in [2.75, 3.05) is 6.54 Å². The Hall–Kier alpha value is -1.35. The molecule has 1 fully saturated rings. The summed E-state index contributed by atoms with van der Waals surface area (Å²) in [6.07, 6.45) is 0.997. The molecule has 0 bridgehead atoms. The van der Waals surface area contributed by atoms with Gasteiger partial charge in [0, 0.05) is 32.0 Å². The smallest absolute Gasteiger partial charge is 0.302 e. The molecule has 19 heavy (non-hydrogen) atoms. The van der Waals surface area contributed by atoms with Crippen LogP contribution in [0.4, 0.5) is 0 Å². The van der Waals surface area contributed by atoms with Crippen LogP contribution in [0.5, 0.6) is 0 Å². The predicted molar refractivity (Wildman–Crippen MR) is 75.6 cm³/mol. The van der Waals surface area contributed by atoms with Gasteiger partial charge in [-0.15, -0.1) is 0 Å². The van der Waals surface area contributed by atoms with Crippen molar-refractivity contribution < 1.29 is 9.53 Å². The van der Waals surface area contributed by atoms with E-state index in [2.05, 4.69) is 43.0 Å². The lowest BCUT2D eigenvalue weighted by Crippen LogP contribution is -2.49. The minimum atomic E-state index is -0.166. The van der Waals surface area contributed by atoms with Gasteiger partial charge in [0.25, 0.3) is 0 Å². The second kappa shape index (κ2) is 6.20. The molecule has 3 nitrogen and oxygen atoms in total. The molecule has 1 aromatic carbocycles. The fourth-order valence-electron chi connectivity index (χ4n) is 2.82. The molecule has 1 aliphatic heterocycles. The minimum Gasteiger partial charge on any atom is -0.462 e. The number of hydrogen-bond donors (Lipinski definition) is 0. The zero-order valence-corrected chi connectivity index (χ0v) is 12.0. The highest BCUT2D eigenvalue weighted by Gasteiger charge is 2.34. The monoisotopic (exact) mass is 261 g/mol. The van der Waals surface area contributed by atoms with Crippen LogP contribution in [0.25, 0.3) is 0 Å². The Labute approximate surface area is 115 Å². The van der Waals surface area contributed by atoms with Gasteiger partial charge in [0.2, 0.25) is 0 Å². The molecule has 1 aliphatic rings. The van der Waals surface area contributed by atoms with E-state index in [0.717, 1.165) is 19.5 Å². The van der Waals surface area contributed by atoms with Crippen molar-refractivity contribution >= 4 is 5.97 Å². The second-order valence-electron chi connectivity index (χ2n) is 5.49. The number of piperidine rings is 1. The second-order valence-corrected chi connectivity index (χ2v) is 5.49. The third-order valence-corrected chi connectivity index (χ3v) is 4.17. The van der Waals surface area contributed by atoms with Crippen LogP contribution in [-0.2, 0) is 16.1 Å². The standard InChI is InChI=1S/C16H23NO2/c1-12-13(2)17(10-9-16(12)19-14(3)18)11-15-7-5-4-6-8-15/h4-8,12-13,16H,9-11H2,1-3H3/t12-,13+,16-/m0/s1. The largest absolute Gasteiger partial charge is 0.462 e. The number of rotatable bonds is 3. The van der Waals surface area contributed by atoms with Crippen molar-refractivity contribution in [2.24, 2.45) is 5.92 Å². The molecule has 0 unspecified atom stereocenters. The number of likely N-dealkylation sites (tertiary alicyclic amines) is 1. The first-order chi connectivity index (χ1) is 9.08. The summed E-state index contributed by atoms with van der Waals surface area (Å²) in [7, 11) is 0. The molecule has 3 heteroatoms. The van der Waals surface area contributed by atoms with Crippen LogP contribution in [-0.4, -0.2) is 29.6 Å². The molecule has 0 saturated carbocycles. The normalized spacial score (nSPS) is 28.1. The SMILES string of the molecule is CC(=O)O[C@H]1CCN(Cc2ccccc2)[C@H](C)[C@@H]1C. The molecular formula is C16H23NO2. The first-order valence-electron chi connectivity index (χ1n) is 7.03. The van der Waals surface area contributed by atoms with Crippen LogP contribution in [0.1, 0.15) is 32.8 Å². The highest BCUT2D eigenvalue weighted by molar-refractivity contribution is 5.66. The fraction of sp³-hybridized carbons (Fsp3) is 0.562. The van der Waals surface area contributed by atoms with Gasteiger partial charge in [-0.3, -0.25) is 9.69 Å². The number of benzene rings is 1. The van der Waals surface area contributed by atoms with E-state index in [-0.39, 0.29) is 12.1 Å². The van der Waals surface area contributed by atoms with Gasteiger partial charge in [-0.05, 0) is 18.9 Å². The molecule has 0 amide bonds. The first kappa shape index (κ1) is 14.1. The molecule has 0 aliphatic carbocycles. The molecule has 0 aromatic heterocycles. The van der Waals surface area contributed by atoms with Crippen LogP contribution >= 0.6 is 0 Å². The zero-order valence-electron chi connectivity index (χ0n) is 12.0. The van der Waals surface area contributed by atoms with Gasteiger partial charge >= 0.3 is 5.97 Å². The van der Waals surface area contributed by atoms with Gasteiger partial charge in [0.1, 0.15) is 6.10 Å². The summed E-state index contributed by atoms with van der Waals surface area (Å²) in [4.78, 5) is 13.6. The molecule has 1 saturated heterocycles. The van der Waals surface area contributed by atoms with Gasteiger partial charge in [-0.1, -0.05) is 37.3 Å². The lowest BCUT2D eigenvalue weighted by atomic mass is 9.88. The summed E-state index contributed by atoms with van der Waals surface area (Å²) in [5.74, 6) is 0.210. The number of ether oxygens (including phenoxy) is 1. The maximum absolute atomic E-state index is 11.1. The average Bonchev–Trinajstić information content (AvgIpc) is 2.39. The van der Waals surface area contributed by atoms with Crippen molar-refractivity contribution in [3.05, 3.63) is 35.9 Å². The van der Waals surface area contributed by atoms with Gasteiger partial charge in [0.15, 0.2) is 0 Å². The van der Waals surface area contributed by atoms with E-state index in [0.29, 0.717) is 12.0 Å². The maximum Gasteiger partial charge on any atom is 0.302 e. The topological polar surface area (TPSA) is 29.5 Å². The Balaban J connectivity index is 1.97. The van der Waals surface area contributed by atoms with E-state index in [1.54, 1.807) is 0 Å². The molecule has 3 atom stereocenters. The Morgan fingerprint density at radius 3 is 2.63 bits per heavy atom. The fourth-order valence-corrected chi connectivity index (χ4v) is 2.82. The summed E-state index contributed by atoms with van der Waals surface area (Å²) in [6.45, 7) is 7.85. The number of nitrogens with zero attached hydrogens (tertiary/aromatic N) is 1. The highest BCUT2D eigenvalue weighted by atomic mass is 16.5. The maximum atomic E-state index is 11.1. The van der Waals surface area contributed by atoms with Crippen molar-refractivity contribution in [1.82, 2.24) is 4.90 Å². The lowest BCUT2D eigenvalue weighted by molar-refractivity contribution is -0.153. The summed E-state index contributed by atoms with van der Waals surface area (Å²) >= 11 is 0. The molecule has 104 valence electrons. The molecule has 1 heterocycles. The van der Waals surface area contributed by atoms with Gasteiger partial charge in [-0.25, -0.2) is 0 Å². The van der Waals surface area contributed by atoms with E-state index in [4.69, 9.17) is 4.74 Å². The summed E-state index contributed by atoms with van der Waals surface area (Å²) in [5, 5.41) is 0. The van der Waals surface area contributed by atoms with Gasteiger partial charge in [-0.2, -0.15) is 0 Å². The summed E-state index contributed by atoms with van der Waals surface area (Å²) in [5.41, 5.74) is 1.34. The van der Waals surface area contributed by atoms with Gasteiger partial charge in [0.05, 0.1) is 0 Å². The van der Waals surface area contributed by atoms with Crippen molar-refractivity contribution in [2.45, 2.75) is 45.9 Å². The predicted octanol–water partition coefficient (Wildman–Crippen LogP) is 2.85. The molecule has 0 spiro atoms. The van der Waals surface area contributed by atoms with Crippen LogP contribution in [0.3, 0.4) is 0 Å². The number of carbonyl (C=O) groups is 1. The number of esters is 1. The van der Waals surface area contributed by atoms with Crippen molar-refractivity contribution in [3.63, 3.8) is 0 Å². The van der Waals surface area contributed by atoms with E-state index < -0.39 is 0 Å². The quantitative estimate of drug-likeness (QED) is 0.784. The average molecular weight is 261 g/mol. The lowest BCUT2D eigenvalue weighted by Gasteiger charge is -2.42. The molecular weight excluding hydrogens is 238 g/mol. The van der Waals surface area contributed by atoms with Crippen LogP contribution < -0.4 is 0 Å². The number of hydrogen-bond acceptors (Lipinski definition) is 3. The molecule has 2 rings (SSSR count).